The lowest BCUT2D eigenvalue weighted by atomic mass is 9.85. The number of methoxy groups -OCH3 is 8. The second kappa shape index (κ2) is 52.3. The molecule has 34 nitrogen and oxygen atoms in total. The van der Waals surface area contributed by atoms with Gasteiger partial charge in [-0.2, -0.15) is 25.6 Å². The maximum Gasteiger partial charge on any atom is 0.305 e. The summed E-state index contributed by atoms with van der Waals surface area (Å²) in [5, 5.41) is 72.9. The van der Waals surface area contributed by atoms with Crippen molar-refractivity contribution < 1.29 is 86.8 Å². The fourth-order valence-electron chi connectivity index (χ4n) is 18.0. The van der Waals surface area contributed by atoms with Crippen molar-refractivity contribution in [3.05, 3.63) is 126 Å². The van der Waals surface area contributed by atoms with Crippen LogP contribution in [-0.4, -0.2) is 198 Å². The minimum Gasteiger partial charge on any atom is -0.496 e. The average molecular weight is 1910 g/mol. The van der Waals surface area contributed by atoms with Crippen LogP contribution in [-0.2, 0) is 47.0 Å². The third kappa shape index (κ3) is 30.7. The fourth-order valence-corrected chi connectivity index (χ4v) is 18.0. The van der Waals surface area contributed by atoms with E-state index in [0.717, 1.165) is 109 Å². The van der Waals surface area contributed by atoms with Gasteiger partial charge in [-0.1, -0.05) is 151 Å². The summed E-state index contributed by atoms with van der Waals surface area (Å²) in [6.07, 6.45) is 18.3. The molecule has 8 N–H and O–H groups in total. The van der Waals surface area contributed by atoms with Gasteiger partial charge in [0.05, 0.1) is 121 Å². The van der Waals surface area contributed by atoms with Gasteiger partial charge in [-0.3, -0.25) is 52.3 Å². The van der Waals surface area contributed by atoms with E-state index in [0.29, 0.717) is 174 Å². The highest BCUT2D eigenvalue weighted by molar-refractivity contribution is 5.97. The molecule has 0 spiro atoms. The molecule has 5 heterocycles. The third-order valence-electron chi connectivity index (χ3n) is 27.0. The third-order valence-corrected chi connectivity index (χ3v) is 27.0. The van der Waals surface area contributed by atoms with Crippen molar-refractivity contribution in [1.82, 2.24) is 81.0 Å². The number of hydrogen-bond acceptors (Lipinski definition) is 22. The number of tetrazole rings is 1. The average Bonchev–Trinajstić information content (AvgIpc) is 1.60. The first-order valence-corrected chi connectivity index (χ1v) is 49.0. The summed E-state index contributed by atoms with van der Waals surface area (Å²) in [6.45, 7) is 26.3. The highest BCUT2D eigenvalue weighted by atomic mass is 16.5. The molecule has 4 aliphatic carbocycles. The van der Waals surface area contributed by atoms with Gasteiger partial charge < -0.3 is 74.5 Å². The van der Waals surface area contributed by atoms with Gasteiger partial charge in [-0.25, -0.2) is 0 Å². The van der Waals surface area contributed by atoms with Crippen molar-refractivity contribution in [3.8, 4) is 91.0 Å². The van der Waals surface area contributed by atoms with E-state index in [-0.39, 0.29) is 66.0 Å². The molecule has 34 heteroatoms. The number of H-pyrrole nitrogens is 1. The van der Waals surface area contributed by atoms with E-state index in [1.54, 1.807) is 75.1 Å². The fraction of sp³-hybridized carbons (Fsp3) is 0.577. The molecule has 138 heavy (non-hydrogen) atoms. The Morgan fingerprint density at radius 1 is 0.413 bits per heavy atom. The number of benzene rings is 4. The van der Waals surface area contributed by atoms with Gasteiger partial charge in [0.1, 0.15) is 46.0 Å². The van der Waals surface area contributed by atoms with Crippen molar-refractivity contribution in [3.63, 3.8) is 0 Å². The summed E-state index contributed by atoms with van der Waals surface area (Å²) in [6, 6.07) is 28.0. The van der Waals surface area contributed by atoms with Gasteiger partial charge >= 0.3 is 17.9 Å². The minimum atomic E-state index is -0.934. The van der Waals surface area contributed by atoms with Crippen molar-refractivity contribution in [2.75, 3.05) is 56.9 Å². The molecule has 0 bridgehead atoms. The van der Waals surface area contributed by atoms with Crippen LogP contribution in [0.1, 0.15) is 259 Å². The van der Waals surface area contributed by atoms with Gasteiger partial charge in [0.15, 0.2) is 28.6 Å². The largest absolute Gasteiger partial charge is 0.496 e. The number of carbonyl (C=O) groups is 7. The smallest absolute Gasteiger partial charge is 0.305 e. The number of aliphatic carboxylic acids is 3. The van der Waals surface area contributed by atoms with Crippen molar-refractivity contribution >= 4 is 41.5 Å². The Morgan fingerprint density at radius 2 is 0.732 bits per heavy atom. The number of nitrogens with zero attached hydrogens (tertiary/aromatic N) is 11. The standard InChI is InChI=1S/C29H43N7O3.C26H37N3O5.C25H35N3O5.C24H33N3O5/c1-5-20(6-2)19-36-24(28-25(38-3)13-10-14-26(28)39-4)18-23(33-36)29(37)30-22(17-27-31-34-35-32-27)16-15-21-11-8-7-9-12-21;1-15(2)10-11-18(12-24(30)31)27-26(32)20-13-21(29(28-20)14-19-16(3)17(19)4)25-22(33-5)8-7-9-23(25)34-6;1-15(2)9-10-18(12-23(29)30)26-25(31)19-13-20(28(27-19)14-17-11-16(17)3)24-21(32-4)7-6-8-22(24)33-5;1-15(2)8-11-17(12-22(28)29)25-24(30)18-13-19(27(26-18)14-16-9-10-16)23-20(31-3)6-5-7-21(23)32-4/h10,13-14,18,20-22H,5-9,11-12,15-17,19H2,1-4H3,(H,30,37)(H,31,32,34,35);7-9,13,15-19H,10-12,14H2,1-6H3,(H,27,32)(H,30,31);6-8,13,15-18H,9-12,14H2,1-5H3,(H,26,31)(H,29,30);5-7,13,15-17H,8-12,14H2,1-4H3,(H,25,30)(H,28,29)/t22-;16?,17?,18-,19?;16?,17?,18-;17-/m0000/s1. The van der Waals surface area contributed by atoms with Crippen LogP contribution < -0.4 is 59.2 Å². The van der Waals surface area contributed by atoms with E-state index < -0.39 is 36.0 Å². The van der Waals surface area contributed by atoms with E-state index in [9.17, 15) is 48.9 Å². The van der Waals surface area contributed by atoms with Gasteiger partial charge in [-0.15, -0.1) is 10.2 Å². The number of aromatic nitrogens is 12. The van der Waals surface area contributed by atoms with Gasteiger partial charge in [0, 0.05) is 56.8 Å². The van der Waals surface area contributed by atoms with E-state index in [2.05, 4.69) is 133 Å². The number of carboxylic acid groups (broad SMARTS) is 3. The lowest BCUT2D eigenvalue weighted by Crippen LogP contribution is -2.37. The SMILES string of the molecule is CCC(CC)Cn1nc(C(=O)N[C@@H](CCC2CCCCC2)Cc2nn[nH]n2)cc1-c1c(OC)cccc1OC.COc1cccc(OC)c1-c1cc(C(=O)N[C@@H](CCC(C)C)CC(=O)O)nn1CC1C(C)C1C.COc1cccc(OC)c1-c1cc(C(=O)N[C@@H](CCC(C)C)CC(=O)O)nn1CC1CC1.COc1cccc(OC)c1-c1cc(C(=O)N[C@@H](CCC(C)C)CC(=O)O)nn1CC1CC1C. The second-order valence-corrected chi connectivity index (χ2v) is 38.5. The van der Waals surface area contributed by atoms with Crippen LogP contribution in [0.4, 0.5) is 0 Å². The maximum absolute atomic E-state index is 13.7. The van der Waals surface area contributed by atoms with Gasteiger partial charge in [0.2, 0.25) is 0 Å². The van der Waals surface area contributed by atoms with Crippen molar-refractivity contribution in [2.24, 2.45) is 65.1 Å². The maximum atomic E-state index is 13.7. The molecule has 4 saturated carbocycles. The molecule has 0 saturated heterocycles. The number of hydrogen-bond donors (Lipinski definition) is 8. The summed E-state index contributed by atoms with van der Waals surface area (Å²) in [5.74, 6) is 7.34. The molecule has 4 unspecified atom stereocenters. The molecule has 8 atom stereocenters. The Morgan fingerprint density at radius 3 is 1.02 bits per heavy atom. The summed E-state index contributed by atoms with van der Waals surface area (Å²) >= 11 is 0. The quantitative estimate of drug-likeness (QED) is 0.0175. The first-order valence-electron chi connectivity index (χ1n) is 49.0. The van der Waals surface area contributed by atoms with Crippen LogP contribution in [0.3, 0.4) is 0 Å². The zero-order chi connectivity index (χ0) is 100.0. The lowest BCUT2D eigenvalue weighted by Gasteiger charge is -2.24. The number of ether oxygens (including phenoxy) is 8. The zero-order valence-electron chi connectivity index (χ0n) is 84.2. The summed E-state index contributed by atoms with van der Waals surface area (Å²) in [5.41, 5.74) is 7.18. The Hall–Kier alpha value is -12.5. The highest BCUT2D eigenvalue weighted by Crippen LogP contribution is 2.49. The molecule has 5 aromatic heterocycles. The van der Waals surface area contributed by atoms with Crippen molar-refractivity contribution in [2.45, 2.75) is 268 Å². The molecular formula is C104H148N16O18. The number of amides is 4. The van der Waals surface area contributed by atoms with E-state index >= 15 is 0 Å². The topological polar surface area (TPSA) is 428 Å². The second-order valence-electron chi connectivity index (χ2n) is 38.5. The molecular weight excluding hydrogens is 1760 g/mol. The predicted molar refractivity (Wildman–Crippen MR) is 527 cm³/mol. The Labute approximate surface area is 811 Å². The molecule has 4 aromatic carbocycles. The number of aromatic amines is 1. The molecule has 0 radical (unpaired) electrons. The Balaban J connectivity index is 0.000000190. The van der Waals surface area contributed by atoms with Gasteiger partial charge in [-0.05, 0) is 209 Å². The number of carbonyl (C=O) groups excluding carboxylic acids is 4. The number of carboxylic acids is 3. The van der Waals surface area contributed by atoms with E-state index in [1.807, 2.05) is 97.6 Å². The Bertz CT molecular complexity index is 5330. The first kappa shape index (κ1) is 108. The van der Waals surface area contributed by atoms with Crippen LogP contribution in [0.2, 0.25) is 0 Å². The zero-order valence-corrected chi connectivity index (χ0v) is 84.2. The van der Waals surface area contributed by atoms with Crippen LogP contribution in [0.25, 0.3) is 45.0 Å². The Kier molecular flexibility index (Phi) is 40.8. The molecule has 4 amide bonds. The van der Waals surface area contributed by atoms with Gasteiger partial charge in [0.25, 0.3) is 23.6 Å². The number of nitrogens with one attached hydrogen (secondary N) is 5. The van der Waals surface area contributed by atoms with Crippen LogP contribution >= 0.6 is 0 Å². The molecule has 0 aliphatic heterocycles. The summed E-state index contributed by atoms with van der Waals surface area (Å²) in [4.78, 5) is 86.9. The molecule has 13 rings (SSSR count). The minimum absolute atomic E-state index is 0.106. The monoisotopic (exact) mass is 1910 g/mol. The molecule has 4 aliphatic rings. The number of rotatable bonds is 50. The molecule has 9 aromatic rings. The van der Waals surface area contributed by atoms with E-state index in [1.165, 1.54) is 32.1 Å². The molecule has 4 fully saturated rings. The summed E-state index contributed by atoms with van der Waals surface area (Å²) in [7, 11) is 12.9. The van der Waals surface area contributed by atoms with Crippen LogP contribution in [0.5, 0.6) is 46.0 Å². The summed E-state index contributed by atoms with van der Waals surface area (Å²) < 4.78 is 52.4. The molecule has 752 valence electrons. The highest BCUT2D eigenvalue weighted by Gasteiger charge is 2.44. The van der Waals surface area contributed by atoms with Crippen LogP contribution in [0, 0.1) is 65.1 Å². The lowest BCUT2D eigenvalue weighted by molar-refractivity contribution is -0.138. The van der Waals surface area contributed by atoms with E-state index in [4.69, 9.17) is 43.0 Å². The first-order chi connectivity index (χ1) is 66.3. The van der Waals surface area contributed by atoms with Crippen molar-refractivity contribution in [1.29, 1.82) is 0 Å². The predicted octanol–water partition coefficient (Wildman–Crippen LogP) is 17.9. The van der Waals surface area contributed by atoms with Crippen LogP contribution in [0.15, 0.2) is 97.1 Å². The normalized spacial score (nSPS) is 16.8.